The van der Waals surface area contributed by atoms with Crippen molar-refractivity contribution in [3.8, 4) is 0 Å². The minimum absolute atomic E-state index is 0.0634. The third kappa shape index (κ3) is 3.78. The van der Waals surface area contributed by atoms with Crippen LogP contribution < -0.4 is 0 Å². The van der Waals surface area contributed by atoms with Gasteiger partial charge in [-0.15, -0.1) is 0 Å². The Balaban J connectivity index is 2.23. The maximum Gasteiger partial charge on any atom is 0.313 e. The molecule has 21 heavy (non-hydrogen) atoms. The normalized spacial score (nSPS) is 11.7. The van der Waals surface area contributed by atoms with Crippen LogP contribution in [0.5, 0.6) is 0 Å². The van der Waals surface area contributed by atoms with Crippen LogP contribution in [-0.4, -0.2) is 18.9 Å². The van der Waals surface area contributed by atoms with E-state index in [2.05, 4.69) is 0 Å². The minimum atomic E-state index is -0.566. The van der Waals surface area contributed by atoms with E-state index in [1.165, 1.54) is 7.11 Å². The first-order chi connectivity index (χ1) is 10.1. The summed E-state index contributed by atoms with van der Waals surface area (Å²) in [5.74, 6) is -1.02. The molecule has 0 bridgehead atoms. The molecule has 0 heterocycles. The van der Waals surface area contributed by atoms with Gasteiger partial charge < -0.3 is 4.74 Å². The number of benzene rings is 2. The van der Waals surface area contributed by atoms with Gasteiger partial charge in [0, 0.05) is 12.0 Å². The number of carbonyl (C=O) groups excluding carboxylic acids is 2. The van der Waals surface area contributed by atoms with Crippen molar-refractivity contribution in [1.82, 2.24) is 0 Å². The van der Waals surface area contributed by atoms with Crippen molar-refractivity contribution < 1.29 is 14.3 Å². The molecule has 0 amide bonds. The number of ether oxygens (including phenoxy) is 1. The average molecular weight is 282 g/mol. The Morgan fingerprint density at radius 2 is 1.62 bits per heavy atom. The molecule has 0 fully saturated rings. The van der Waals surface area contributed by atoms with Gasteiger partial charge in [0.05, 0.1) is 13.0 Å². The molecule has 3 heteroatoms. The number of rotatable bonds is 5. The van der Waals surface area contributed by atoms with Gasteiger partial charge in [0.1, 0.15) is 0 Å². The number of methoxy groups -OCH3 is 1. The molecule has 3 nitrogen and oxygen atoms in total. The van der Waals surface area contributed by atoms with Gasteiger partial charge in [0.2, 0.25) is 0 Å². The molecular formula is C18H18O3. The first-order valence-electron chi connectivity index (χ1n) is 6.84. The third-order valence-corrected chi connectivity index (χ3v) is 3.45. The maximum atomic E-state index is 12.3. The smallest absolute Gasteiger partial charge is 0.313 e. The fraction of sp³-hybridized carbons (Fsp3) is 0.222. The molecule has 108 valence electrons. The Kier molecular flexibility index (Phi) is 4.88. The third-order valence-electron chi connectivity index (χ3n) is 3.45. The van der Waals surface area contributed by atoms with E-state index in [0.29, 0.717) is 5.56 Å². The summed E-state index contributed by atoms with van der Waals surface area (Å²) < 4.78 is 4.84. The summed E-state index contributed by atoms with van der Waals surface area (Å²) in [6.45, 7) is 1.98. The summed E-state index contributed by atoms with van der Waals surface area (Å²) in [7, 11) is 1.34. The van der Waals surface area contributed by atoms with Gasteiger partial charge in [-0.05, 0) is 12.5 Å². The molecule has 2 aromatic carbocycles. The molecule has 0 aliphatic rings. The van der Waals surface area contributed by atoms with E-state index in [4.69, 9.17) is 4.74 Å². The van der Waals surface area contributed by atoms with Gasteiger partial charge in [0.25, 0.3) is 0 Å². The van der Waals surface area contributed by atoms with E-state index in [0.717, 1.165) is 11.1 Å². The Morgan fingerprint density at radius 1 is 1.00 bits per heavy atom. The lowest BCUT2D eigenvalue weighted by atomic mass is 9.91. The molecular weight excluding hydrogens is 264 g/mol. The van der Waals surface area contributed by atoms with Gasteiger partial charge in [-0.25, -0.2) is 0 Å². The Morgan fingerprint density at radius 3 is 2.19 bits per heavy atom. The highest BCUT2D eigenvalue weighted by atomic mass is 16.5. The lowest BCUT2D eigenvalue weighted by Gasteiger charge is -2.14. The van der Waals surface area contributed by atoms with E-state index in [1.807, 2.05) is 49.4 Å². The van der Waals surface area contributed by atoms with E-state index >= 15 is 0 Å². The van der Waals surface area contributed by atoms with E-state index in [9.17, 15) is 9.59 Å². The first kappa shape index (κ1) is 15.0. The summed E-state index contributed by atoms with van der Waals surface area (Å²) in [6.07, 6.45) is 0.111. The molecule has 1 atom stereocenters. The zero-order valence-corrected chi connectivity index (χ0v) is 12.2. The van der Waals surface area contributed by atoms with Gasteiger partial charge in [-0.1, -0.05) is 60.2 Å². The fourth-order valence-electron chi connectivity index (χ4n) is 2.21. The number of Topliss-reactive ketones (excluding diaryl/α,β-unsaturated/α-hetero) is 1. The zero-order chi connectivity index (χ0) is 15.2. The second-order valence-corrected chi connectivity index (χ2v) is 4.98. The van der Waals surface area contributed by atoms with Crippen LogP contribution in [0.1, 0.15) is 33.8 Å². The molecule has 0 saturated carbocycles. The van der Waals surface area contributed by atoms with Crippen molar-refractivity contribution in [3.05, 3.63) is 71.3 Å². The molecule has 0 saturated heterocycles. The summed E-state index contributed by atoms with van der Waals surface area (Å²) in [6, 6.07) is 16.6. The molecule has 2 aromatic rings. The van der Waals surface area contributed by atoms with Crippen molar-refractivity contribution in [2.24, 2.45) is 0 Å². The molecule has 0 radical (unpaired) electrons. The predicted molar refractivity (Wildman–Crippen MR) is 81.3 cm³/mol. The fourth-order valence-corrected chi connectivity index (χ4v) is 2.21. The molecule has 0 aliphatic heterocycles. The Labute approximate surface area is 124 Å². The van der Waals surface area contributed by atoms with Gasteiger partial charge in [-0.2, -0.15) is 0 Å². The monoisotopic (exact) mass is 282 g/mol. The zero-order valence-electron chi connectivity index (χ0n) is 12.2. The maximum absolute atomic E-state index is 12.3. The highest BCUT2D eigenvalue weighted by Gasteiger charge is 2.25. The lowest BCUT2D eigenvalue weighted by molar-refractivity contribution is -0.142. The Bertz CT molecular complexity index is 615. The van der Waals surface area contributed by atoms with Crippen LogP contribution in [0.2, 0.25) is 0 Å². The molecule has 0 aliphatic carbocycles. The number of ketones is 1. The molecule has 0 unspecified atom stereocenters. The van der Waals surface area contributed by atoms with Crippen LogP contribution in [0.3, 0.4) is 0 Å². The standard InChI is InChI=1S/C18H18O3/c1-13-8-10-14(11-9-13)16(18(20)21-2)12-17(19)15-6-4-3-5-7-15/h3-11,16H,12H2,1-2H3/t16-/m1/s1. The SMILES string of the molecule is COC(=O)[C@H](CC(=O)c1ccccc1)c1ccc(C)cc1. The summed E-state index contributed by atoms with van der Waals surface area (Å²) in [5.41, 5.74) is 2.52. The Hall–Kier alpha value is -2.42. The molecule has 0 aromatic heterocycles. The highest BCUT2D eigenvalue weighted by molar-refractivity contribution is 5.99. The minimum Gasteiger partial charge on any atom is -0.469 e. The summed E-state index contributed by atoms with van der Waals surface area (Å²) in [4.78, 5) is 24.3. The van der Waals surface area contributed by atoms with Crippen LogP contribution in [0.25, 0.3) is 0 Å². The van der Waals surface area contributed by atoms with Crippen LogP contribution in [-0.2, 0) is 9.53 Å². The number of esters is 1. The second kappa shape index (κ2) is 6.84. The van der Waals surface area contributed by atoms with Crippen LogP contribution in [0, 0.1) is 6.92 Å². The average Bonchev–Trinajstić information content (AvgIpc) is 2.53. The highest BCUT2D eigenvalue weighted by Crippen LogP contribution is 2.24. The number of hydrogen-bond donors (Lipinski definition) is 0. The van der Waals surface area contributed by atoms with E-state index < -0.39 is 5.92 Å². The van der Waals surface area contributed by atoms with Crippen molar-refractivity contribution in [2.75, 3.05) is 7.11 Å². The van der Waals surface area contributed by atoms with E-state index in [1.54, 1.807) is 12.1 Å². The van der Waals surface area contributed by atoms with Gasteiger partial charge in [-0.3, -0.25) is 9.59 Å². The van der Waals surface area contributed by atoms with Crippen molar-refractivity contribution >= 4 is 11.8 Å². The van der Waals surface area contributed by atoms with Gasteiger partial charge in [0.15, 0.2) is 5.78 Å². The molecule has 0 spiro atoms. The van der Waals surface area contributed by atoms with Crippen molar-refractivity contribution in [3.63, 3.8) is 0 Å². The largest absolute Gasteiger partial charge is 0.469 e. The number of aryl methyl sites for hydroxylation is 1. The number of hydrogen-bond acceptors (Lipinski definition) is 3. The number of carbonyl (C=O) groups is 2. The topological polar surface area (TPSA) is 43.4 Å². The van der Waals surface area contributed by atoms with Crippen LogP contribution >= 0.6 is 0 Å². The van der Waals surface area contributed by atoms with E-state index in [-0.39, 0.29) is 18.2 Å². The second-order valence-electron chi connectivity index (χ2n) is 4.98. The molecule has 0 N–H and O–H groups in total. The molecule has 2 rings (SSSR count). The summed E-state index contributed by atoms with van der Waals surface area (Å²) in [5, 5.41) is 0. The van der Waals surface area contributed by atoms with Gasteiger partial charge >= 0.3 is 5.97 Å². The quantitative estimate of drug-likeness (QED) is 0.622. The van der Waals surface area contributed by atoms with Crippen LogP contribution in [0.15, 0.2) is 54.6 Å². The first-order valence-corrected chi connectivity index (χ1v) is 6.84. The van der Waals surface area contributed by atoms with Crippen molar-refractivity contribution in [1.29, 1.82) is 0 Å². The van der Waals surface area contributed by atoms with Crippen LogP contribution in [0.4, 0.5) is 0 Å². The lowest BCUT2D eigenvalue weighted by Crippen LogP contribution is -2.18. The summed E-state index contributed by atoms with van der Waals surface area (Å²) >= 11 is 0. The predicted octanol–water partition coefficient (Wildman–Crippen LogP) is 3.52. The van der Waals surface area contributed by atoms with Crippen molar-refractivity contribution in [2.45, 2.75) is 19.3 Å².